The molecule has 0 saturated carbocycles. The van der Waals surface area contributed by atoms with Gasteiger partial charge in [0.05, 0.1) is 17.2 Å². The zero-order chi connectivity index (χ0) is 16.7. The summed E-state index contributed by atoms with van der Waals surface area (Å²) < 4.78 is 4.87. The SMILES string of the molecule is COCCNC(=O)c1ccc(NC(=O)c2ccccc2Cl)cc1. The first-order valence-corrected chi connectivity index (χ1v) is 7.42. The van der Waals surface area contributed by atoms with Gasteiger partial charge in [-0.2, -0.15) is 0 Å². The number of amides is 2. The number of nitrogens with one attached hydrogen (secondary N) is 2. The van der Waals surface area contributed by atoms with E-state index in [1.807, 2.05) is 0 Å². The molecule has 0 atom stereocenters. The van der Waals surface area contributed by atoms with Crippen molar-refractivity contribution >= 4 is 29.1 Å². The first-order valence-electron chi connectivity index (χ1n) is 7.05. The van der Waals surface area contributed by atoms with Crippen molar-refractivity contribution in [1.82, 2.24) is 5.32 Å². The molecular weight excluding hydrogens is 316 g/mol. The molecule has 0 bridgehead atoms. The molecule has 2 aromatic carbocycles. The fourth-order valence-corrected chi connectivity index (χ4v) is 2.14. The predicted octanol–water partition coefficient (Wildman–Crippen LogP) is 2.97. The van der Waals surface area contributed by atoms with Gasteiger partial charge in [-0.3, -0.25) is 9.59 Å². The van der Waals surface area contributed by atoms with E-state index in [0.29, 0.717) is 35.0 Å². The van der Waals surface area contributed by atoms with Crippen molar-refractivity contribution in [1.29, 1.82) is 0 Å². The van der Waals surface area contributed by atoms with Crippen LogP contribution in [0.3, 0.4) is 0 Å². The number of carbonyl (C=O) groups is 2. The van der Waals surface area contributed by atoms with Gasteiger partial charge in [-0.25, -0.2) is 0 Å². The lowest BCUT2D eigenvalue weighted by molar-refractivity contribution is 0.0936. The molecule has 6 heteroatoms. The highest BCUT2D eigenvalue weighted by Crippen LogP contribution is 2.17. The summed E-state index contributed by atoms with van der Waals surface area (Å²) in [4.78, 5) is 24.0. The van der Waals surface area contributed by atoms with Crippen molar-refractivity contribution in [3.05, 3.63) is 64.7 Å². The quantitative estimate of drug-likeness (QED) is 0.799. The minimum absolute atomic E-state index is 0.189. The Labute approximate surface area is 139 Å². The standard InChI is InChI=1S/C17H17ClN2O3/c1-23-11-10-19-16(21)12-6-8-13(9-7-12)20-17(22)14-4-2-3-5-15(14)18/h2-9H,10-11H2,1H3,(H,19,21)(H,20,22). The largest absolute Gasteiger partial charge is 0.383 e. The zero-order valence-corrected chi connectivity index (χ0v) is 13.4. The third-order valence-corrected chi connectivity index (χ3v) is 3.44. The molecule has 0 aliphatic heterocycles. The molecule has 0 saturated heterocycles. The van der Waals surface area contributed by atoms with Crippen LogP contribution in [0.4, 0.5) is 5.69 Å². The molecule has 5 nitrogen and oxygen atoms in total. The zero-order valence-electron chi connectivity index (χ0n) is 12.6. The minimum atomic E-state index is -0.298. The van der Waals surface area contributed by atoms with E-state index < -0.39 is 0 Å². The van der Waals surface area contributed by atoms with Crippen molar-refractivity contribution in [3.8, 4) is 0 Å². The second-order valence-corrected chi connectivity index (χ2v) is 5.17. The molecule has 0 fully saturated rings. The highest BCUT2D eigenvalue weighted by molar-refractivity contribution is 6.34. The molecule has 0 radical (unpaired) electrons. The number of ether oxygens (including phenoxy) is 1. The van der Waals surface area contributed by atoms with Crippen LogP contribution in [0.25, 0.3) is 0 Å². The number of benzene rings is 2. The fourth-order valence-electron chi connectivity index (χ4n) is 1.92. The summed E-state index contributed by atoms with van der Waals surface area (Å²) in [5.41, 5.74) is 1.50. The number of rotatable bonds is 6. The second-order valence-electron chi connectivity index (χ2n) is 4.76. The predicted molar refractivity (Wildman–Crippen MR) is 90.1 cm³/mol. The van der Waals surface area contributed by atoms with Crippen LogP contribution in [0.15, 0.2) is 48.5 Å². The number of methoxy groups -OCH3 is 1. The van der Waals surface area contributed by atoms with Crippen LogP contribution in [0, 0.1) is 0 Å². The Balaban J connectivity index is 1.99. The third kappa shape index (κ3) is 4.81. The lowest BCUT2D eigenvalue weighted by Crippen LogP contribution is -2.26. The summed E-state index contributed by atoms with van der Waals surface area (Å²) in [6.45, 7) is 0.901. The second kappa shape index (κ2) is 8.31. The fraction of sp³-hybridized carbons (Fsp3) is 0.176. The van der Waals surface area contributed by atoms with Gasteiger partial charge in [-0.05, 0) is 36.4 Å². The summed E-state index contributed by atoms with van der Waals surface area (Å²) in [6, 6.07) is 13.4. The minimum Gasteiger partial charge on any atom is -0.383 e. The van der Waals surface area contributed by atoms with Crippen LogP contribution in [0.5, 0.6) is 0 Å². The Hall–Kier alpha value is -2.37. The molecule has 2 aromatic rings. The third-order valence-electron chi connectivity index (χ3n) is 3.12. The summed E-state index contributed by atoms with van der Waals surface area (Å²) in [7, 11) is 1.57. The van der Waals surface area contributed by atoms with E-state index in [9.17, 15) is 9.59 Å². The molecule has 0 heterocycles. The molecule has 2 amide bonds. The van der Waals surface area contributed by atoms with Crippen molar-refractivity contribution in [3.63, 3.8) is 0 Å². The Bertz CT molecular complexity index is 686. The van der Waals surface area contributed by atoms with E-state index in [4.69, 9.17) is 16.3 Å². The van der Waals surface area contributed by atoms with E-state index in [1.54, 1.807) is 55.6 Å². The Kier molecular flexibility index (Phi) is 6.14. The Morgan fingerprint density at radius 2 is 1.74 bits per heavy atom. The maximum absolute atomic E-state index is 12.1. The maximum Gasteiger partial charge on any atom is 0.257 e. The summed E-state index contributed by atoms with van der Waals surface area (Å²) in [5, 5.41) is 5.86. The normalized spacial score (nSPS) is 10.2. The number of hydrogen-bond donors (Lipinski definition) is 2. The number of hydrogen-bond acceptors (Lipinski definition) is 3. The molecule has 2 N–H and O–H groups in total. The van der Waals surface area contributed by atoms with Gasteiger partial charge < -0.3 is 15.4 Å². The molecule has 0 aliphatic rings. The van der Waals surface area contributed by atoms with Gasteiger partial charge >= 0.3 is 0 Å². The smallest absolute Gasteiger partial charge is 0.257 e. The average molecular weight is 333 g/mol. The molecule has 2 rings (SSSR count). The number of halogens is 1. The molecule has 0 aliphatic carbocycles. The van der Waals surface area contributed by atoms with Gasteiger partial charge in [0.2, 0.25) is 0 Å². The summed E-state index contributed by atoms with van der Waals surface area (Å²) in [5.74, 6) is -0.487. The van der Waals surface area contributed by atoms with Gasteiger partial charge in [0, 0.05) is 24.9 Å². The summed E-state index contributed by atoms with van der Waals surface area (Å²) in [6.07, 6.45) is 0. The van der Waals surface area contributed by atoms with E-state index in [2.05, 4.69) is 10.6 Å². The lowest BCUT2D eigenvalue weighted by Gasteiger charge is -2.08. The van der Waals surface area contributed by atoms with Gasteiger partial charge in [-0.1, -0.05) is 23.7 Å². The van der Waals surface area contributed by atoms with E-state index in [-0.39, 0.29) is 11.8 Å². The van der Waals surface area contributed by atoms with Crippen LogP contribution in [0.1, 0.15) is 20.7 Å². The van der Waals surface area contributed by atoms with Crippen LogP contribution in [-0.2, 0) is 4.74 Å². The average Bonchev–Trinajstić information content (AvgIpc) is 2.56. The van der Waals surface area contributed by atoms with E-state index >= 15 is 0 Å². The van der Waals surface area contributed by atoms with Crippen molar-refractivity contribution in [2.24, 2.45) is 0 Å². The van der Waals surface area contributed by atoms with Crippen molar-refractivity contribution < 1.29 is 14.3 Å². The Morgan fingerprint density at radius 3 is 2.39 bits per heavy atom. The summed E-state index contributed by atoms with van der Waals surface area (Å²) >= 11 is 5.99. The van der Waals surface area contributed by atoms with Crippen LogP contribution >= 0.6 is 11.6 Å². The highest BCUT2D eigenvalue weighted by atomic mass is 35.5. The van der Waals surface area contributed by atoms with Gasteiger partial charge in [0.25, 0.3) is 11.8 Å². The van der Waals surface area contributed by atoms with Crippen LogP contribution in [0.2, 0.25) is 5.02 Å². The topological polar surface area (TPSA) is 67.4 Å². The molecule has 23 heavy (non-hydrogen) atoms. The van der Waals surface area contributed by atoms with Crippen LogP contribution in [-0.4, -0.2) is 32.1 Å². The maximum atomic E-state index is 12.1. The van der Waals surface area contributed by atoms with E-state index in [0.717, 1.165) is 0 Å². The van der Waals surface area contributed by atoms with Gasteiger partial charge in [0.1, 0.15) is 0 Å². The van der Waals surface area contributed by atoms with Crippen molar-refractivity contribution in [2.75, 3.05) is 25.6 Å². The highest BCUT2D eigenvalue weighted by Gasteiger charge is 2.10. The van der Waals surface area contributed by atoms with Gasteiger partial charge in [-0.15, -0.1) is 0 Å². The molecule has 120 valence electrons. The number of carbonyl (C=O) groups excluding carboxylic acids is 2. The van der Waals surface area contributed by atoms with Crippen LogP contribution < -0.4 is 10.6 Å². The number of anilines is 1. The first-order chi connectivity index (χ1) is 11.1. The van der Waals surface area contributed by atoms with E-state index in [1.165, 1.54) is 0 Å². The first kappa shape index (κ1) is 17.0. The monoisotopic (exact) mass is 332 g/mol. The lowest BCUT2D eigenvalue weighted by atomic mass is 10.1. The van der Waals surface area contributed by atoms with Crippen molar-refractivity contribution in [2.45, 2.75) is 0 Å². The molecule has 0 unspecified atom stereocenters. The molecule has 0 aromatic heterocycles. The molecule has 0 spiro atoms. The molecular formula is C17H17ClN2O3. The Morgan fingerprint density at radius 1 is 1.04 bits per heavy atom. The van der Waals surface area contributed by atoms with Gasteiger partial charge in [0.15, 0.2) is 0 Å².